The number of hydrogen-bond acceptors (Lipinski definition) is 9. The fraction of sp³-hybridized carbons (Fsp3) is 0.259. The van der Waals surface area contributed by atoms with Crippen LogP contribution in [0.5, 0.6) is 0 Å². The number of pyridine rings is 1. The summed E-state index contributed by atoms with van der Waals surface area (Å²) in [6, 6.07) is 10.2. The molecular weight excluding hydrogens is 564 g/mol. The van der Waals surface area contributed by atoms with E-state index in [1.54, 1.807) is 16.7 Å². The molecule has 15 heteroatoms. The van der Waals surface area contributed by atoms with Crippen molar-refractivity contribution >= 4 is 23.5 Å². The minimum Gasteiger partial charge on any atom is -0.465 e. The maximum atomic E-state index is 13.5. The zero-order chi connectivity index (χ0) is 29.4. The third-order valence-electron chi connectivity index (χ3n) is 7.06. The minimum absolute atomic E-state index is 0.140. The third kappa shape index (κ3) is 5.01. The summed E-state index contributed by atoms with van der Waals surface area (Å²) in [6.07, 6.45) is 3.05. The molecule has 0 spiro atoms. The molecule has 214 valence electrons. The Kier molecular flexibility index (Phi) is 7.22. The number of H-pyrrole nitrogens is 1. The molecule has 1 aromatic carbocycles. The van der Waals surface area contributed by atoms with Crippen LogP contribution < -0.4 is 10.5 Å². The van der Waals surface area contributed by atoms with Gasteiger partial charge < -0.3 is 14.8 Å². The normalized spacial score (nSPS) is 14.2. The van der Waals surface area contributed by atoms with Crippen LogP contribution in [0.15, 0.2) is 53.7 Å². The molecule has 0 saturated carbocycles. The fourth-order valence-electron chi connectivity index (χ4n) is 5.07. The highest BCUT2D eigenvalue weighted by Gasteiger charge is 2.30. The molecule has 0 saturated heterocycles. The highest BCUT2D eigenvalue weighted by atomic mass is 35.5. The molecular formula is C27H25ClN10O4. The number of aromatic amines is 1. The van der Waals surface area contributed by atoms with Crippen molar-refractivity contribution in [2.24, 2.45) is 0 Å². The number of fused-ring (bicyclic) bond motifs is 1. The van der Waals surface area contributed by atoms with Crippen molar-refractivity contribution in [2.75, 3.05) is 25.2 Å². The number of methoxy groups -OCH3 is 1. The van der Waals surface area contributed by atoms with Crippen molar-refractivity contribution in [1.29, 1.82) is 0 Å². The van der Waals surface area contributed by atoms with Crippen LogP contribution >= 0.6 is 11.6 Å². The van der Waals surface area contributed by atoms with E-state index in [0.29, 0.717) is 47.1 Å². The number of benzene rings is 1. The molecule has 42 heavy (non-hydrogen) atoms. The summed E-state index contributed by atoms with van der Waals surface area (Å²) in [5, 5.41) is 21.2. The maximum absolute atomic E-state index is 13.5. The number of halogens is 1. The number of nitrogens with zero attached hydrogens (tertiary/aromatic N) is 9. The second-order valence-electron chi connectivity index (χ2n) is 9.72. The number of tetrazole rings is 1. The van der Waals surface area contributed by atoms with E-state index in [1.807, 2.05) is 25.1 Å². The zero-order valence-corrected chi connectivity index (χ0v) is 23.4. The molecule has 1 amide bonds. The zero-order valence-electron chi connectivity index (χ0n) is 22.6. The van der Waals surface area contributed by atoms with Gasteiger partial charge in [-0.1, -0.05) is 23.2 Å². The van der Waals surface area contributed by atoms with Crippen LogP contribution in [0.1, 0.15) is 29.7 Å². The molecule has 0 aliphatic carbocycles. The quantitative estimate of drug-likeness (QED) is 0.274. The Hall–Kier alpha value is -4.95. The monoisotopic (exact) mass is 588 g/mol. The highest BCUT2D eigenvalue weighted by molar-refractivity contribution is 6.31. The summed E-state index contributed by atoms with van der Waals surface area (Å²) in [5.41, 5.74) is 3.92. The smallest absolute Gasteiger partial charge is 0.413 e. The molecule has 5 aromatic rings. The van der Waals surface area contributed by atoms with Gasteiger partial charge in [-0.3, -0.25) is 14.3 Å². The van der Waals surface area contributed by atoms with Crippen LogP contribution in [0.3, 0.4) is 0 Å². The molecule has 2 N–H and O–H groups in total. The first-order valence-corrected chi connectivity index (χ1v) is 13.4. The summed E-state index contributed by atoms with van der Waals surface area (Å²) < 4.78 is 8.17. The molecule has 6 rings (SSSR count). The Morgan fingerprint density at radius 2 is 2.10 bits per heavy atom. The fourth-order valence-corrected chi connectivity index (χ4v) is 5.32. The van der Waals surface area contributed by atoms with Gasteiger partial charge in [0, 0.05) is 36.9 Å². The third-order valence-corrected chi connectivity index (χ3v) is 7.33. The summed E-state index contributed by atoms with van der Waals surface area (Å²) in [4.78, 5) is 43.2. The number of imidazole rings is 1. The lowest BCUT2D eigenvalue weighted by Crippen LogP contribution is -2.33. The molecule has 14 nitrogen and oxygen atoms in total. The summed E-state index contributed by atoms with van der Waals surface area (Å²) >= 11 is 6.52. The molecule has 4 aromatic heterocycles. The van der Waals surface area contributed by atoms with Crippen molar-refractivity contribution in [3.63, 3.8) is 0 Å². The van der Waals surface area contributed by atoms with Gasteiger partial charge in [0.2, 0.25) is 0 Å². The summed E-state index contributed by atoms with van der Waals surface area (Å²) in [6.45, 7) is 2.34. The molecule has 0 fully saturated rings. The Bertz CT molecular complexity index is 1820. The summed E-state index contributed by atoms with van der Waals surface area (Å²) in [5.74, 6) is 1.41. The molecule has 1 atom stereocenters. The number of carboxylic acid groups (broad SMARTS) is 1. The number of amides is 1. The van der Waals surface area contributed by atoms with E-state index in [2.05, 4.69) is 30.5 Å². The number of hydrogen-bond donors (Lipinski definition) is 2. The van der Waals surface area contributed by atoms with Gasteiger partial charge in [-0.15, -0.1) is 5.10 Å². The number of anilines is 1. The lowest BCUT2D eigenvalue weighted by Gasteiger charge is -2.17. The van der Waals surface area contributed by atoms with Gasteiger partial charge in [-0.2, -0.15) is 4.68 Å². The number of nitrogens with one attached hydrogen (secondary N) is 1. The van der Waals surface area contributed by atoms with E-state index in [9.17, 15) is 14.7 Å². The average Bonchev–Trinajstić information content (AvgIpc) is 3.74. The number of aromatic nitrogens is 9. The molecule has 0 bridgehead atoms. The van der Waals surface area contributed by atoms with Crippen molar-refractivity contribution in [3.05, 3.63) is 81.6 Å². The van der Waals surface area contributed by atoms with E-state index < -0.39 is 6.09 Å². The van der Waals surface area contributed by atoms with Crippen LogP contribution in [0.25, 0.3) is 28.2 Å². The van der Waals surface area contributed by atoms with E-state index in [-0.39, 0.29) is 35.7 Å². The molecule has 1 aliphatic heterocycles. The van der Waals surface area contributed by atoms with Gasteiger partial charge in [0.1, 0.15) is 23.8 Å². The van der Waals surface area contributed by atoms with Crippen molar-refractivity contribution in [3.8, 4) is 28.2 Å². The average molecular weight is 589 g/mol. The predicted molar refractivity (Wildman–Crippen MR) is 152 cm³/mol. The second-order valence-corrected chi connectivity index (χ2v) is 10.1. The van der Waals surface area contributed by atoms with E-state index >= 15 is 0 Å². The highest BCUT2D eigenvalue weighted by Crippen LogP contribution is 2.34. The lowest BCUT2D eigenvalue weighted by molar-refractivity contribution is 0.186. The Balaban J connectivity index is 1.31. The largest absolute Gasteiger partial charge is 0.465 e. The Morgan fingerprint density at radius 3 is 2.81 bits per heavy atom. The topological polar surface area (TPSA) is 170 Å². The first kappa shape index (κ1) is 27.2. The van der Waals surface area contributed by atoms with Crippen LogP contribution in [0.4, 0.5) is 10.6 Å². The van der Waals surface area contributed by atoms with Crippen molar-refractivity contribution < 1.29 is 14.6 Å². The van der Waals surface area contributed by atoms with Gasteiger partial charge >= 0.3 is 6.09 Å². The SMILES string of the molecule is COCCN(C(=O)O)c1ccc(-c2[nH]c([C@@H]3CCc4nc(-c5cc(C)ccc5-n5cnnn5)cc(=O)n43)nc2Cl)cn1. The Morgan fingerprint density at radius 1 is 1.24 bits per heavy atom. The lowest BCUT2D eigenvalue weighted by atomic mass is 10.1. The van der Waals surface area contributed by atoms with Crippen LogP contribution in [-0.4, -0.2) is 76.2 Å². The minimum atomic E-state index is -1.13. The second kappa shape index (κ2) is 11.1. The number of ether oxygens (including phenoxy) is 1. The van der Waals surface area contributed by atoms with E-state index in [0.717, 1.165) is 16.0 Å². The first-order valence-electron chi connectivity index (χ1n) is 13.0. The van der Waals surface area contributed by atoms with Gasteiger partial charge in [-0.25, -0.2) is 19.7 Å². The first-order chi connectivity index (χ1) is 20.3. The maximum Gasteiger partial charge on any atom is 0.413 e. The number of aryl methyl sites for hydroxylation is 2. The molecule has 0 radical (unpaired) electrons. The predicted octanol–water partition coefficient (Wildman–Crippen LogP) is 3.30. The van der Waals surface area contributed by atoms with Gasteiger partial charge in [0.25, 0.3) is 5.56 Å². The number of rotatable bonds is 8. The number of carbonyl (C=O) groups is 1. The molecule has 5 heterocycles. The Labute approximate surface area is 243 Å². The van der Waals surface area contributed by atoms with Crippen LogP contribution in [0, 0.1) is 6.92 Å². The van der Waals surface area contributed by atoms with Crippen molar-refractivity contribution in [1.82, 2.24) is 44.7 Å². The van der Waals surface area contributed by atoms with E-state index in [1.165, 1.54) is 30.4 Å². The van der Waals surface area contributed by atoms with E-state index in [4.69, 9.17) is 21.3 Å². The van der Waals surface area contributed by atoms with Gasteiger partial charge in [0.15, 0.2) is 5.15 Å². The van der Waals surface area contributed by atoms with Crippen molar-refractivity contribution in [2.45, 2.75) is 25.8 Å². The van der Waals surface area contributed by atoms with Crippen LogP contribution in [-0.2, 0) is 11.2 Å². The summed E-state index contributed by atoms with van der Waals surface area (Å²) in [7, 11) is 1.50. The van der Waals surface area contributed by atoms with Crippen LogP contribution in [0.2, 0.25) is 5.15 Å². The van der Waals surface area contributed by atoms with Gasteiger partial charge in [-0.05, 0) is 48.0 Å². The standard InChI is InChI=1S/C27H25ClN10O4/c1-15-3-5-19(37-14-30-34-35-37)17(11-15)18-12-23(39)38-20(6-8-22(38)31-18)26-32-24(25(28)33-26)16-4-7-21(29-13-16)36(27(40)41)9-10-42-2/h3-5,7,11-14,20H,6,8-10H2,1-2H3,(H,32,33)(H,40,41)/t20-/m0/s1. The molecule has 0 unspecified atom stereocenters. The molecule has 1 aliphatic rings. The van der Waals surface area contributed by atoms with Gasteiger partial charge in [0.05, 0.1) is 36.3 Å².